The predicted octanol–water partition coefficient (Wildman–Crippen LogP) is 1.75. The zero-order valence-electron chi connectivity index (χ0n) is 10.2. The fourth-order valence-electron chi connectivity index (χ4n) is 1.18. The quantitative estimate of drug-likeness (QED) is 0.360. The van der Waals surface area contributed by atoms with Gasteiger partial charge in [0.05, 0.1) is 6.61 Å². The minimum atomic E-state index is -0.141. The fraction of sp³-hybridized carbons (Fsp3) is 0.667. The molecule has 0 saturated carbocycles. The highest BCUT2D eigenvalue weighted by Crippen LogP contribution is 1.97. The molecule has 0 saturated heterocycles. The molecule has 0 N–H and O–H groups in total. The molecule has 16 heavy (non-hydrogen) atoms. The van der Waals surface area contributed by atoms with Crippen molar-refractivity contribution in [1.29, 1.82) is 0 Å². The van der Waals surface area contributed by atoms with E-state index in [1.165, 1.54) is 6.08 Å². The van der Waals surface area contributed by atoms with Crippen LogP contribution in [0.3, 0.4) is 0 Å². The van der Waals surface area contributed by atoms with Crippen LogP contribution >= 0.6 is 0 Å². The van der Waals surface area contributed by atoms with E-state index >= 15 is 0 Å². The summed E-state index contributed by atoms with van der Waals surface area (Å²) in [6.07, 6.45) is 4.20. The third-order valence-corrected chi connectivity index (χ3v) is 2.16. The highest BCUT2D eigenvalue weighted by atomic mass is 16.5. The third kappa shape index (κ3) is 7.04. The van der Waals surface area contributed by atoms with E-state index in [4.69, 9.17) is 4.74 Å². The first-order valence-electron chi connectivity index (χ1n) is 5.65. The Bertz CT molecular complexity index is 238. The molecule has 0 aromatic carbocycles. The maximum Gasteiger partial charge on any atom is 0.305 e. The molecular formula is C12H21NO3. The second-order valence-electron chi connectivity index (χ2n) is 3.64. The smallest absolute Gasteiger partial charge is 0.305 e. The number of amides is 1. The summed E-state index contributed by atoms with van der Waals surface area (Å²) in [5.41, 5.74) is 0. The molecule has 0 atom stereocenters. The molecule has 0 bridgehead atoms. The van der Waals surface area contributed by atoms with Gasteiger partial charge in [-0.2, -0.15) is 0 Å². The average molecular weight is 227 g/mol. The van der Waals surface area contributed by atoms with Gasteiger partial charge in [0.2, 0.25) is 5.91 Å². The zero-order chi connectivity index (χ0) is 12.4. The van der Waals surface area contributed by atoms with E-state index in [9.17, 15) is 9.59 Å². The molecule has 0 aliphatic heterocycles. The molecule has 4 heteroatoms. The van der Waals surface area contributed by atoms with Crippen LogP contribution in [0.4, 0.5) is 0 Å². The van der Waals surface area contributed by atoms with Gasteiger partial charge in [0.25, 0.3) is 0 Å². The van der Waals surface area contributed by atoms with Crippen molar-refractivity contribution in [3.8, 4) is 0 Å². The van der Waals surface area contributed by atoms with Crippen molar-refractivity contribution >= 4 is 11.9 Å². The number of carbonyl (C=O) groups is 2. The van der Waals surface area contributed by atoms with Crippen molar-refractivity contribution < 1.29 is 14.3 Å². The lowest BCUT2D eigenvalue weighted by Crippen LogP contribution is -2.25. The van der Waals surface area contributed by atoms with E-state index in [0.29, 0.717) is 19.6 Å². The van der Waals surface area contributed by atoms with Crippen LogP contribution in [0.5, 0.6) is 0 Å². The third-order valence-electron chi connectivity index (χ3n) is 2.16. The van der Waals surface area contributed by atoms with Crippen molar-refractivity contribution in [3.63, 3.8) is 0 Å². The largest absolute Gasteiger partial charge is 0.466 e. The number of rotatable bonds is 8. The topological polar surface area (TPSA) is 46.6 Å². The molecular weight excluding hydrogens is 206 g/mol. The summed E-state index contributed by atoms with van der Waals surface area (Å²) in [4.78, 5) is 23.7. The Balaban J connectivity index is 3.43. The number of hydrogen-bond acceptors (Lipinski definition) is 3. The first-order chi connectivity index (χ1) is 7.61. The molecule has 92 valence electrons. The van der Waals surface area contributed by atoms with Gasteiger partial charge in [-0.3, -0.25) is 9.59 Å². The molecule has 0 rings (SSSR count). The van der Waals surface area contributed by atoms with Crippen LogP contribution in [0.2, 0.25) is 0 Å². The van der Waals surface area contributed by atoms with E-state index in [1.807, 2.05) is 6.92 Å². The number of carbonyl (C=O) groups excluding carboxylic acids is 2. The van der Waals surface area contributed by atoms with Crippen molar-refractivity contribution in [3.05, 3.63) is 12.7 Å². The van der Waals surface area contributed by atoms with Gasteiger partial charge in [0.1, 0.15) is 0 Å². The zero-order valence-corrected chi connectivity index (χ0v) is 10.2. The summed E-state index contributed by atoms with van der Waals surface area (Å²) in [7, 11) is 1.73. The number of likely N-dealkylation sites (N-methyl/N-ethyl adjacent to an activating group) is 1. The molecule has 0 spiro atoms. The fourth-order valence-corrected chi connectivity index (χ4v) is 1.18. The van der Waals surface area contributed by atoms with E-state index < -0.39 is 0 Å². The van der Waals surface area contributed by atoms with E-state index in [1.54, 1.807) is 11.9 Å². The second kappa shape index (κ2) is 8.95. The maximum absolute atomic E-state index is 11.1. The molecule has 1 amide bonds. The minimum absolute atomic E-state index is 0.0806. The lowest BCUT2D eigenvalue weighted by Gasteiger charge is -2.14. The van der Waals surface area contributed by atoms with Crippen LogP contribution in [0.25, 0.3) is 0 Å². The lowest BCUT2D eigenvalue weighted by molar-refractivity contribution is -0.143. The molecule has 0 radical (unpaired) electrons. The van der Waals surface area contributed by atoms with Crippen LogP contribution in [-0.4, -0.2) is 37.0 Å². The average Bonchev–Trinajstić information content (AvgIpc) is 2.27. The van der Waals surface area contributed by atoms with Gasteiger partial charge >= 0.3 is 5.97 Å². The van der Waals surface area contributed by atoms with E-state index in [-0.39, 0.29) is 11.9 Å². The molecule has 0 heterocycles. The Morgan fingerprint density at radius 1 is 1.38 bits per heavy atom. The minimum Gasteiger partial charge on any atom is -0.466 e. The lowest BCUT2D eigenvalue weighted by atomic mass is 10.3. The van der Waals surface area contributed by atoms with E-state index in [2.05, 4.69) is 6.58 Å². The van der Waals surface area contributed by atoms with Gasteiger partial charge in [-0.05, 0) is 25.3 Å². The molecule has 0 aliphatic carbocycles. The first kappa shape index (κ1) is 14.7. The normalized spacial score (nSPS) is 9.62. The van der Waals surface area contributed by atoms with Crippen molar-refractivity contribution in [2.75, 3.05) is 20.2 Å². The summed E-state index contributed by atoms with van der Waals surface area (Å²) in [6, 6.07) is 0. The Morgan fingerprint density at radius 3 is 2.62 bits per heavy atom. The van der Waals surface area contributed by atoms with Crippen molar-refractivity contribution in [2.24, 2.45) is 0 Å². The summed E-state index contributed by atoms with van der Waals surface area (Å²) >= 11 is 0. The van der Waals surface area contributed by atoms with Crippen LogP contribution in [-0.2, 0) is 14.3 Å². The molecule has 0 unspecified atom stereocenters. The van der Waals surface area contributed by atoms with Crippen molar-refractivity contribution in [1.82, 2.24) is 4.90 Å². The Kier molecular flexibility index (Phi) is 8.21. The van der Waals surface area contributed by atoms with Gasteiger partial charge in [0.15, 0.2) is 0 Å². The van der Waals surface area contributed by atoms with Gasteiger partial charge in [-0.1, -0.05) is 13.5 Å². The summed E-state index contributed by atoms with van der Waals surface area (Å²) in [5, 5.41) is 0. The highest BCUT2D eigenvalue weighted by molar-refractivity contribution is 5.86. The van der Waals surface area contributed by atoms with E-state index in [0.717, 1.165) is 19.3 Å². The summed E-state index contributed by atoms with van der Waals surface area (Å²) < 4.78 is 4.99. The monoisotopic (exact) mass is 227 g/mol. The molecule has 4 nitrogen and oxygen atoms in total. The number of nitrogens with zero attached hydrogens (tertiary/aromatic N) is 1. The molecule has 0 aromatic heterocycles. The Morgan fingerprint density at radius 2 is 2.06 bits per heavy atom. The van der Waals surface area contributed by atoms with Gasteiger partial charge in [-0.25, -0.2) is 0 Å². The van der Waals surface area contributed by atoms with Crippen LogP contribution in [0.15, 0.2) is 12.7 Å². The van der Waals surface area contributed by atoms with Crippen LogP contribution in [0, 0.1) is 0 Å². The molecule has 0 aromatic rings. The number of ether oxygens (including phenoxy) is 1. The summed E-state index contributed by atoms with van der Waals surface area (Å²) in [6.45, 7) is 6.45. The van der Waals surface area contributed by atoms with Gasteiger partial charge in [-0.15, -0.1) is 0 Å². The maximum atomic E-state index is 11.1. The number of hydrogen-bond donors (Lipinski definition) is 0. The first-order valence-corrected chi connectivity index (χ1v) is 5.65. The van der Waals surface area contributed by atoms with Gasteiger partial charge < -0.3 is 9.64 Å². The van der Waals surface area contributed by atoms with Gasteiger partial charge in [0, 0.05) is 20.0 Å². The molecule has 0 aliphatic rings. The summed E-state index contributed by atoms with van der Waals surface area (Å²) in [5.74, 6) is -0.221. The highest BCUT2D eigenvalue weighted by Gasteiger charge is 2.03. The van der Waals surface area contributed by atoms with Crippen LogP contribution in [0.1, 0.15) is 32.6 Å². The molecule has 0 fully saturated rings. The predicted molar refractivity (Wildman–Crippen MR) is 62.9 cm³/mol. The van der Waals surface area contributed by atoms with Crippen LogP contribution < -0.4 is 0 Å². The second-order valence-corrected chi connectivity index (χ2v) is 3.64. The standard InChI is InChI=1S/C12H21NO3/c1-4-8-12(15)16-10-7-6-9-13(3)11(14)5-2/h5H,2,4,6-10H2,1,3H3. The number of unbranched alkanes of at least 4 members (excludes halogenated alkanes) is 1. The van der Waals surface area contributed by atoms with Crippen molar-refractivity contribution in [2.45, 2.75) is 32.6 Å². The SMILES string of the molecule is C=CC(=O)N(C)CCCCOC(=O)CCC. The Labute approximate surface area is 97.3 Å². The number of esters is 1. The Hall–Kier alpha value is -1.32.